The van der Waals surface area contributed by atoms with Crippen molar-refractivity contribution >= 4 is 36.1 Å². The fraction of sp³-hybridized carbons (Fsp3) is 0.357. The Morgan fingerprint density at radius 1 is 1.12 bits per heavy atom. The lowest BCUT2D eigenvalue weighted by atomic mass is 9.96. The number of benzene rings is 1. The van der Waals surface area contributed by atoms with Crippen molar-refractivity contribution < 1.29 is 13.9 Å². The third-order valence-electron chi connectivity index (χ3n) is 6.99. The minimum atomic E-state index is -0.649. The molecule has 4 heterocycles. The van der Waals surface area contributed by atoms with E-state index >= 15 is 0 Å². The molecule has 1 saturated heterocycles. The highest BCUT2D eigenvalue weighted by molar-refractivity contribution is 7.59. The highest BCUT2D eigenvalue weighted by atomic mass is 32.1. The summed E-state index contributed by atoms with van der Waals surface area (Å²) < 4.78 is 20.4. The van der Waals surface area contributed by atoms with E-state index in [0.29, 0.717) is 35.0 Å². The molecule has 2 N–H and O–H groups in total. The van der Waals surface area contributed by atoms with Gasteiger partial charge < -0.3 is 20.3 Å². The number of pyridine rings is 1. The Kier molecular flexibility index (Phi) is 9.43. The average molecular weight is 565 g/mol. The summed E-state index contributed by atoms with van der Waals surface area (Å²) in [7, 11) is 3.59. The summed E-state index contributed by atoms with van der Waals surface area (Å²) in [5, 5.41) is 6.32. The Hall–Kier alpha value is -3.90. The lowest BCUT2D eigenvalue weighted by molar-refractivity contribution is 0.0960. The van der Waals surface area contributed by atoms with Crippen LogP contribution >= 0.6 is 13.5 Å². The standard InChI is InChI=1S/C28H31FN8O2.H2S/c1-17(20-5-4-6-21-25(27(38)30-2)22(29)15-32-26(20)21)12-31-24-11-23(35-16-36-24)18-13-33-28(34-14-18)39-19-7-9-37(3)10-8-19;/h4-6,11,13-17,19H,7-10,12H2,1-3H3,(H,30,38)(H,31,35,36);1H2/t17-;/m1./s1. The second-order valence-corrected chi connectivity index (χ2v) is 9.75. The number of nitrogens with one attached hydrogen (secondary N) is 2. The summed E-state index contributed by atoms with van der Waals surface area (Å²) in [5.74, 6) is -0.504. The molecule has 3 aromatic heterocycles. The molecule has 1 amide bonds. The topological polar surface area (TPSA) is 118 Å². The predicted octanol–water partition coefficient (Wildman–Crippen LogP) is 3.78. The van der Waals surface area contributed by atoms with Crippen molar-refractivity contribution in [3.63, 3.8) is 0 Å². The lowest BCUT2D eigenvalue weighted by Crippen LogP contribution is -2.35. The van der Waals surface area contributed by atoms with Gasteiger partial charge in [0.25, 0.3) is 5.91 Å². The van der Waals surface area contributed by atoms with E-state index < -0.39 is 11.7 Å². The number of ether oxygens (including phenoxy) is 1. The first-order valence-electron chi connectivity index (χ1n) is 13.0. The molecule has 0 aliphatic carbocycles. The summed E-state index contributed by atoms with van der Waals surface area (Å²) in [6.07, 6.45) is 8.05. The highest BCUT2D eigenvalue weighted by Crippen LogP contribution is 2.28. The highest BCUT2D eigenvalue weighted by Gasteiger charge is 2.20. The van der Waals surface area contributed by atoms with Crippen LogP contribution in [0.5, 0.6) is 6.01 Å². The van der Waals surface area contributed by atoms with Crippen LogP contribution in [0.2, 0.25) is 0 Å². The zero-order valence-electron chi connectivity index (χ0n) is 22.7. The maximum Gasteiger partial charge on any atom is 0.316 e. The predicted molar refractivity (Wildman–Crippen MR) is 157 cm³/mol. The number of rotatable bonds is 8. The fourth-order valence-electron chi connectivity index (χ4n) is 4.72. The number of fused-ring (bicyclic) bond motifs is 1. The molecule has 210 valence electrons. The van der Waals surface area contributed by atoms with Crippen molar-refractivity contribution in [1.29, 1.82) is 0 Å². The van der Waals surface area contributed by atoms with Crippen molar-refractivity contribution in [3.8, 4) is 17.3 Å². The first kappa shape index (κ1) is 29.1. The number of anilines is 1. The smallest absolute Gasteiger partial charge is 0.316 e. The number of hydrogen-bond acceptors (Lipinski definition) is 9. The van der Waals surface area contributed by atoms with Crippen LogP contribution in [0.1, 0.15) is 41.6 Å². The number of hydrogen-bond donors (Lipinski definition) is 2. The van der Waals surface area contributed by atoms with Gasteiger partial charge in [-0.25, -0.2) is 24.3 Å². The normalized spacial score (nSPS) is 14.8. The Balaban J connectivity index is 0.00000370. The summed E-state index contributed by atoms with van der Waals surface area (Å²) in [6.45, 7) is 4.57. The number of halogens is 1. The SMILES string of the molecule is CNC(=O)c1c(F)cnc2c([C@H](C)CNc3cc(-c4cnc(OC5CCN(C)CC5)nc4)ncn3)cccc12.S. The largest absolute Gasteiger partial charge is 0.460 e. The van der Waals surface area contributed by atoms with Gasteiger partial charge >= 0.3 is 6.01 Å². The Morgan fingerprint density at radius 3 is 2.60 bits per heavy atom. The molecule has 1 aliphatic heterocycles. The van der Waals surface area contributed by atoms with Gasteiger partial charge in [-0.2, -0.15) is 13.5 Å². The van der Waals surface area contributed by atoms with Gasteiger partial charge in [0.2, 0.25) is 0 Å². The van der Waals surface area contributed by atoms with Crippen molar-refractivity contribution in [3.05, 3.63) is 66.1 Å². The summed E-state index contributed by atoms with van der Waals surface area (Å²) in [4.78, 5) is 36.4. The third-order valence-corrected chi connectivity index (χ3v) is 6.99. The fourth-order valence-corrected chi connectivity index (χ4v) is 4.72. The molecule has 0 radical (unpaired) electrons. The maximum atomic E-state index is 14.4. The zero-order chi connectivity index (χ0) is 27.4. The molecular weight excluding hydrogens is 531 g/mol. The lowest BCUT2D eigenvalue weighted by Gasteiger charge is -2.28. The Labute approximate surface area is 239 Å². The molecule has 0 spiro atoms. The van der Waals surface area contributed by atoms with E-state index in [0.717, 1.165) is 43.3 Å². The van der Waals surface area contributed by atoms with Crippen molar-refractivity contribution in [1.82, 2.24) is 35.1 Å². The van der Waals surface area contributed by atoms with Crippen LogP contribution in [-0.2, 0) is 0 Å². The number of likely N-dealkylation sites (tertiary alicyclic amines) is 1. The molecule has 1 atom stereocenters. The number of nitrogens with zero attached hydrogens (tertiary/aromatic N) is 6. The Morgan fingerprint density at radius 2 is 1.88 bits per heavy atom. The van der Waals surface area contributed by atoms with Crippen molar-refractivity contribution in [2.24, 2.45) is 0 Å². The number of para-hydroxylation sites is 1. The molecule has 1 fully saturated rings. The van der Waals surface area contributed by atoms with E-state index in [1.165, 1.54) is 13.4 Å². The quantitative estimate of drug-likeness (QED) is 0.330. The molecule has 12 heteroatoms. The summed E-state index contributed by atoms with van der Waals surface area (Å²) in [5.41, 5.74) is 2.92. The van der Waals surface area contributed by atoms with Crippen LogP contribution in [0.3, 0.4) is 0 Å². The Bertz CT molecular complexity index is 1460. The number of carbonyl (C=O) groups is 1. The van der Waals surface area contributed by atoms with Gasteiger partial charge in [0.1, 0.15) is 18.2 Å². The van der Waals surface area contributed by atoms with Crippen LogP contribution in [0.25, 0.3) is 22.2 Å². The van der Waals surface area contributed by atoms with E-state index in [1.54, 1.807) is 18.5 Å². The minimum absolute atomic E-state index is 0. The van der Waals surface area contributed by atoms with Gasteiger partial charge in [0, 0.05) is 62.0 Å². The van der Waals surface area contributed by atoms with Crippen LogP contribution < -0.4 is 15.4 Å². The summed E-state index contributed by atoms with van der Waals surface area (Å²) in [6, 6.07) is 7.67. The number of aromatic nitrogens is 5. The van der Waals surface area contributed by atoms with Gasteiger partial charge in [-0.05, 0) is 25.5 Å². The van der Waals surface area contributed by atoms with Gasteiger partial charge in [-0.3, -0.25) is 9.78 Å². The van der Waals surface area contributed by atoms with Crippen LogP contribution in [-0.4, -0.2) is 75.6 Å². The molecule has 4 aromatic rings. The zero-order valence-corrected chi connectivity index (χ0v) is 23.7. The molecule has 0 saturated carbocycles. The van der Waals surface area contributed by atoms with Crippen LogP contribution in [0.15, 0.2) is 49.2 Å². The molecule has 0 bridgehead atoms. The number of amides is 1. The van der Waals surface area contributed by atoms with E-state index in [1.807, 2.05) is 25.1 Å². The molecular formula is C28H33FN8O2S. The second kappa shape index (κ2) is 13.0. The van der Waals surface area contributed by atoms with E-state index in [-0.39, 0.29) is 31.1 Å². The molecule has 5 rings (SSSR count). The first-order valence-corrected chi connectivity index (χ1v) is 13.0. The molecule has 1 aromatic carbocycles. The van der Waals surface area contributed by atoms with E-state index in [9.17, 15) is 9.18 Å². The van der Waals surface area contributed by atoms with Crippen molar-refractivity contribution in [2.45, 2.75) is 31.8 Å². The monoisotopic (exact) mass is 564 g/mol. The average Bonchev–Trinajstić information content (AvgIpc) is 2.97. The van der Waals surface area contributed by atoms with Crippen LogP contribution in [0.4, 0.5) is 10.2 Å². The molecule has 40 heavy (non-hydrogen) atoms. The number of carbonyl (C=O) groups excluding carboxylic acids is 1. The molecule has 0 unspecified atom stereocenters. The van der Waals surface area contributed by atoms with Gasteiger partial charge in [-0.15, -0.1) is 0 Å². The van der Waals surface area contributed by atoms with Gasteiger partial charge in [0.05, 0.1) is 23.0 Å². The maximum absolute atomic E-state index is 14.4. The van der Waals surface area contributed by atoms with E-state index in [2.05, 4.69) is 47.5 Å². The summed E-state index contributed by atoms with van der Waals surface area (Å²) >= 11 is 0. The minimum Gasteiger partial charge on any atom is -0.460 e. The third kappa shape index (κ3) is 6.45. The number of piperidine rings is 1. The second-order valence-electron chi connectivity index (χ2n) is 9.75. The van der Waals surface area contributed by atoms with Gasteiger partial charge in [-0.1, -0.05) is 25.1 Å². The molecule has 1 aliphatic rings. The van der Waals surface area contributed by atoms with Crippen LogP contribution in [0, 0.1) is 5.82 Å². The first-order chi connectivity index (χ1) is 18.9. The molecule has 10 nitrogen and oxygen atoms in total. The van der Waals surface area contributed by atoms with Crippen molar-refractivity contribution in [2.75, 3.05) is 39.0 Å². The van der Waals surface area contributed by atoms with E-state index in [4.69, 9.17) is 4.74 Å². The van der Waals surface area contributed by atoms with Gasteiger partial charge in [0.15, 0.2) is 5.82 Å².